The number of benzene rings is 1. The Morgan fingerprint density at radius 2 is 2.16 bits per heavy atom. The van der Waals surface area contributed by atoms with E-state index in [1.807, 2.05) is 31.2 Å². The zero-order valence-electron chi connectivity index (χ0n) is 18.3. The molecule has 0 saturated heterocycles. The topological polar surface area (TPSA) is 106 Å². The third kappa shape index (κ3) is 5.43. The molecule has 32 heavy (non-hydrogen) atoms. The highest BCUT2D eigenvalue weighted by molar-refractivity contribution is 9.11. The van der Waals surface area contributed by atoms with Gasteiger partial charge in [-0.05, 0) is 55.9 Å². The van der Waals surface area contributed by atoms with Gasteiger partial charge in [0, 0.05) is 27.8 Å². The third-order valence-electron chi connectivity index (χ3n) is 5.55. The lowest BCUT2D eigenvalue weighted by atomic mass is 9.98. The van der Waals surface area contributed by atoms with Crippen molar-refractivity contribution in [3.63, 3.8) is 0 Å². The minimum absolute atomic E-state index is 0.313. The van der Waals surface area contributed by atoms with Crippen molar-refractivity contribution in [2.45, 2.75) is 46.0 Å². The minimum Gasteiger partial charge on any atom is -0.481 e. The molecule has 0 saturated carbocycles. The van der Waals surface area contributed by atoms with Crippen LogP contribution in [-0.4, -0.2) is 31.6 Å². The zero-order chi connectivity index (χ0) is 23.1. The van der Waals surface area contributed by atoms with Crippen molar-refractivity contribution in [2.75, 3.05) is 0 Å². The Balaban J connectivity index is 1.97. The Kier molecular flexibility index (Phi) is 8.16. The van der Waals surface area contributed by atoms with Crippen LogP contribution in [0, 0.1) is 5.92 Å². The van der Waals surface area contributed by atoms with Gasteiger partial charge in [0.05, 0.1) is 17.6 Å². The lowest BCUT2D eigenvalue weighted by Crippen LogP contribution is -2.13. The minimum atomic E-state index is -0.733. The van der Waals surface area contributed by atoms with E-state index in [4.69, 9.17) is 10.7 Å². The Morgan fingerprint density at radius 3 is 2.84 bits per heavy atom. The summed E-state index contributed by atoms with van der Waals surface area (Å²) in [6, 6.07) is 10.00. The number of aliphatic carboxylic acids is 1. The van der Waals surface area contributed by atoms with Gasteiger partial charge in [-0.1, -0.05) is 41.9 Å². The fourth-order valence-corrected chi connectivity index (χ4v) is 3.84. The van der Waals surface area contributed by atoms with Gasteiger partial charge in [-0.25, -0.2) is 4.99 Å². The number of carboxylic acid groups (broad SMARTS) is 1. The molecule has 1 unspecified atom stereocenters. The molecule has 0 radical (unpaired) electrons. The van der Waals surface area contributed by atoms with Gasteiger partial charge in [0.1, 0.15) is 5.82 Å². The summed E-state index contributed by atoms with van der Waals surface area (Å²) in [5.41, 5.74) is 9.91. The highest BCUT2D eigenvalue weighted by Crippen LogP contribution is 2.34. The van der Waals surface area contributed by atoms with Crippen LogP contribution in [0.25, 0.3) is 27.9 Å². The molecule has 3 aromatic rings. The third-order valence-corrected chi connectivity index (χ3v) is 6.02. The molecular formula is C24H28BrN5O2. The second-order valence-corrected chi connectivity index (χ2v) is 8.06. The van der Waals surface area contributed by atoms with Crippen molar-refractivity contribution in [2.24, 2.45) is 16.6 Å². The lowest BCUT2D eigenvalue weighted by molar-refractivity contribution is -0.142. The number of carboxylic acids is 1. The average molecular weight is 498 g/mol. The number of hydrogen-bond acceptors (Lipinski definition) is 5. The van der Waals surface area contributed by atoms with E-state index >= 15 is 0 Å². The molecule has 1 atom stereocenters. The quantitative estimate of drug-likeness (QED) is 0.335. The SMILES string of the molecule is CC/C(CCCC(CC)C(=O)O)=N\c1c(-c2ccc3ncccc3c2)cnn1/C(N)=C/Br. The van der Waals surface area contributed by atoms with Gasteiger partial charge < -0.3 is 10.8 Å². The molecule has 2 aromatic heterocycles. The van der Waals surface area contributed by atoms with Crippen molar-refractivity contribution in [1.82, 2.24) is 14.8 Å². The number of halogens is 1. The van der Waals surface area contributed by atoms with Gasteiger partial charge in [-0.3, -0.25) is 9.78 Å². The summed E-state index contributed by atoms with van der Waals surface area (Å²) >= 11 is 3.29. The predicted molar refractivity (Wildman–Crippen MR) is 133 cm³/mol. The van der Waals surface area contributed by atoms with Crippen LogP contribution in [0.5, 0.6) is 0 Å². The van der Waals surface area contributed by atoms with E-state index < -0.39 is 5.97 Å². The number of pyridine rings is 1. The number of nitrogens with zero attached hydrogens (tertiary/aromatic N) is 4. The van der Waals surface area contributed by atoms with Gasteiger partial charge in [-0.15, -0.1) is 0 Å². The first-order chi connectivity index (χ1) is 15.5. The maximum absolute atomic E-state index is 11.3. The molecule has 168 valence electrons. The molecule has 8 heteroatoms. The van der Waals surface area contributed by atoms with E-state index in [1.54, 1.807) is 22.1 Å². The van der Waals surface area contributed by atoms with Crippen molar-refractivity contribution < 1.29 is 9.90 Å². The van der Waals surface area contributed by atoms with Gasteiger partial charge in [0.25, 0.3) is 0 Å². The first kappa shape index (κ1) is 23.7. The molecule has 2 heterocycles. The Morgan fingerprint density at radius 1 is 1.34 bits per heavy atom. The Bertz CT molecular complexity index is 1150. The Hall–Kier alpha value is -3.00. The molecule has 0 amide bonds. The summed E-state index contributed by atoms with van der Waals surface area (Å²) in [4.78, 5) is 22.2. The number of nitrogens with two attached hydrogens (primary N) is 1. The summed E-state index contributed by atoms with van der Waals surface area (Å²) in [7, 11) is 0. The molecule has 1 aromatic carbocycles. The van der Waals surface area contributed by atoms with E-state index in [2.05, 4.69) is 39.0 Å². The molecule has 0 aliphatic rings. The van der Waals surface area contributed by atoms with Crippen LogP contribution in [0.4, 0.5) is 5.82 Å². The van der Waals surface area contributed by atoms with Crippen LogP contribution in [0.15, 0.2) is 52.7 Å². The molecule has 0 bridgehead atoms. The van der Waals surface area contributed by atoms with Gasteiger partial charge in [0.2, 0.25) is 0 Å². The summed E-state index contributed by atoms with van der Waals surface area (Å²) in [6.07, 6.45) is 7.07. The molecule has 0 aliphatic carbocycles. The van der Waals surface area contributed by atoms with Crippen molar-refractivity contribution >= 4 is 50.2 Å². The number of fused-ring (bicyclic) bond motifs is 1. The van der Waals surface area contributed by atoms with E-state index in [-0.39, 0.29) is 5.92 Å². The number of hydrogen-bond donors (Lipinski definition) is 2. The average Bonchev–Trinajstić information content (AvgIpc) is 3.23. The van der Waals surface area contributed by atoms with Crippen molar-refractivity contribution in [1.29, 1.82) is 0 Å². The second kappa shape index (κ2) is 11.0. The van der Waals surface area contributed by atoms with Crippen LogP contribution < -0.4 is 5.73 Å². The van der Waals surface area contributed by atoms with Crippen LogP contribution in [0.1, 0.15) is 46.0 Å². The molecule has 7 nitrogen and oxygen atoms in total. The largest absolute Gasteiger partial charge is 0.481 e. The smallest absolute Gasteiger partial charge is 0.306 e. The van der Waals surface area contributed by atoms with Crippen LogP contribution in [-0.2, 0) is 4.79 Å². The summed E-state index contributed by atoms with van der Waals surface area (Å²) in [5, 5.41) is 14.8. The maximum Gasteiger partial charge on any atom is 0.306 e. The highest BCUT2D eigenvalue weighted by Gasteiger charge is 2.17. The molecule has 3 rings (SSSR count). The van der Waals surface area contributed by atoms with E-state index in [9.17, 15) is 9.90 Å². The number of aromatic nitrogens is 3. The van der Waals surface area contributed by atoms with E-state index in [1.165, 1.54) is 0 Å². The maximum atomic E-state index is 11.3. The first-order valence-electron chi connectivity index (χ1n) is 10.8. The fraction of sp³-hybridized carbons (Fsp3) is 0.333. The number of aliphatic imine (C=N–C) groups is 1. The zero-order valence-corrected chi connectivity index (χ0v) is 19.9. The van der Waals surface area contributed by atoms with Gasteiger partial charge >= 0.3 is 5.97 Å². The number of carbonyl (C=O) groups is 1. The molecular weight excluding hydrogens is 470 g/mol. The normalized spacial score (nSPS) is 13.5. The summed E-state index contributed by atoms with van der Waals surface area (Å²) in [5.74, 6) is 0.0321. The van der Waals surface area contributed by atoms with Crippen LogP contribution in [0.2, 0.25) is 0 Å². The fourth-order valence-electron chi connectivity index (χ4n) is 3.65. The standard InChI is InChI=1S/C24H28BrN5O2/c1-3-16(24(31)32)7-5-9-19(4-2)29-23-20(15-28-30(23)22(26)14-25)17-10-11-21-18(13-17)8-6-12-27-21/h6,8,10-16H,3-5,7,9,26H2,1-2H3,(H,31,32)/b22-14+,29-19+. The monoisotopic (exact) mass is 497 g/mol. The van der Waals surface area contributed by atoms with Crippen LogP contribution >= 0.6 is 15.9 Å². The second-order valence-electron chi connectivity index (χ2n) is 7.61. The molecule has 0 aliphatic heterocycles. The molecule has 0 spiro atoms. The summed E-state index contributed by atoms with van der Waals surface area (Å²) < 4.78 is 1.61. The molecule has 3 N–H and O–H groups in total. The first-order valence-corrected chi connectivity index (χ1v) is 11.7. The van der Waals surface area contributed by atoms with Gasteiger partial charge in [0.15, 0.2) is 5.82 Å². The van der Waals surface area contributed by atoms with Crippen LogP contribution in [0.3, 0.4) is 0 Å². The van der Waals surface area contributed by atoms with E-state index in [0.29, 0.717) is 24.5 Å². The van der Waals surface area contributed by atoms with Crippen molar-refractivity contribution in [3.05, 3.63) is 47.7 Å². The lowest BCUT2D eigenvalue weighted by Gasteiger charge is -2.11. The predicted octanol–water partition coefficient (Wildman–Crippen LogP) is 5.97. The van der Waals surface area contributed by atoms with Gasteiger partial charge in [-0.2, -0.15) is 9.78 Å². The summed E-state index contributed by atoms with van der Waals surface area (Å²) in [6.45, 7) is 3.96. The number of rotatable bonds is 10. The highest BCUT2D eigenvalue weighted by atomic mass is 79.9. The molecule has 0 fully saturated rings. The van der Waals surface area contributed by atoms with Crippen molar-refractivity contribution in [3.8, 4) is 11.1 Å². The van der Waals surface area contributed by atoms with E-state index in [0.717, 1.165) is 47.0 Å². The Labute approximate surface area is 196 Å².